The summed E-state index contributed by atoms with van der Waals surface area (Å²) in [5.41, 5.74) is 5.28. The first-order chi connectivity index (χ1) is 14.7. The summed E-state index contributed by atoms with van der Waals surface area (Å²) in [6.07, 6.45) is 4.95. The van der Waals surface area contributed by atoms with Gasteiger partial charge in [0.1, 0.15) is 0 Å². The average molecular weight is 405 g/mol. The van der Waals surface area contributed by atoms with Gasteiger partial charge in [-0.2, -0.15) is 0 Å². The summed E-state index contributed by atoms with van der Waals surface area (Å²) in [6, 6.07) is 20.3. The molecule has 1 saturated heterocycles. The number of hydroxylamine groups is 1. The molecule has 2 amide bonds. The van der Waals surface area contributed by atoms with E-state index in [2.05, 4.69) is 18.2 Å². The van der Waals surface area contributed by atoms with Crippen LogP contribution >= 0.6 is 0 Å². The van der Waals surface area contributed by atoms with Crippen molar-refractivity contribution < 1.29 is 14.8 Å². The van der Waals surface area contributed by atoms with E-state index < -0.39 is 11.8 Å². The zero-order valence-electron chi connectivity index (χ0n) is 17.0. The lowest BCUT2D eigenvalue weighted by Crippen LogP contribution is -2.44. The molecule has 1 heterocycles. The van der Waals surface area contributed by atoms with Gasteiger partial charge in [-0.25, -0.2) is 5.48 Å². The lowest BCUT2D eigenvalue weighted by molar-refractivity contribution is -0.145. The van der Waals surface area contributed by atoms with Crippen LogP contribution in [0.25, 0.3) is 6.08 Å². The largest absolute Gasteiger partial charge is 0.342 e. The molecule has 5 nitrogen and oxygen atoms in total. The number of nitrogens with one attached hydrogen (secondary N) is 1. The fourth-order valence-corrected chi connectivity index (χ4v) is 4.83. The minimum absolute atomic E-state index is 0.0424. The Bertz CT molecular complexity index is 911. The number of allylic oxidation sites excluding steroid dienone is 1. The van der Waals surface area contributed by atoms with Crippen molar-refractivity contribution in [1.29, 1.82) is 0 Å². The third kappa shape index (κ3) is 4.46. The molecule has 0 radical (unpaired) electrons. The van der Waals surface area contributed by atoms with Crippen molar-refractivity contribution in [3.05, 3.63) is 77.4 Å². The fourth-order valence-electron chi connectivity index (χ4n) is 4.83. The molecule has 3 atom stereocenters. The summed E-state index contributed by atoms with van der Waals surface area (Å²) in [6.45, 7) is 1.41. The first-order valence-corrected chi connectivity index (χ1v) is 10.7. The topological polar surface area (TPSA) is 69.6 Å². The first kappa shape index (κ1) is 20.4. The zero-order valence-corrected chi connectivity index (χ0v) is 17.0. The van der Waals surface area contributed by atoms with Crippen LogP contribution in [0.3, 0.4) is 0 Å². The molecule has 0 unspecified atom stereocenters. The Morgan fingerprint density at radius 2 is 1.67 bits per heavy atom. The van der Waals surface area contributed by atoms with Crippen LogP contribution in [0.4, 0.5) is 0 Å². The maximum absolute atomic E-state index is 13.3. The van der Waals surface area contributed by atoms with Crippen molar-refractivity contribution >= 4 is 17.9 Å². The summed E-state index contributed by atoms with van der Waals surface area (Å²) < 4.78 is 0. The average Bonchev–Trinajstić information content (AvgIpc) is 3.30. The van der Waals surface area contributed by atoms with Gasteiger partial charge in [-0.3, -0.25) is 14.8 Å². The molecule has 1 aliphatic carbocycles. The lowest BCUT2D eigenvalue weighted by Gasteiger charge is -2.33. The van der Waals surface area contributed by atoms with Gasteiger partial charge in [0, 0.05) is 19.0 Å². The van der Waals surface area contributed by atoms with Crippen LogP contribution in [-0.2, 0) is 9.59 Å². The minimum Gasteiger partial charge on any atom is -0.342 e. The van der Waals surface area contributed by atoms with Gasteiger partial charge in [-0.05, 0) is 36.8 Å². The highest BCUT2D eigenvalue weighted by Crippen LogP contribution is 2.37. The van der Waals surface area contributed by atoms with Crippen molar-refractivity contribution in [2.45, 2.75) is 31.6 Å². The molecule has 2 aliphatic rings. The molecule has 2 fully saturated rings. The Morgan fingerprint density at radius 1 is 0.967 bits per heavy atom. The van der Waals surface area contributed by atoms with E-state index >= 15 is 0 Å². The van der Waals surface area contributed by atoms with Gasteiger partial charge in [0.15, 0.2) is 0 Å². The van der Waals surface area contributed by atoms with E-state index in [-0.39, 0.29) is 11.8 Å². The molecule has 0 bridgehead atoms. The first-order valence-electron chi connectivity index (χ1n) is 10.7. The number of hydrogen-bond donors (Lipinski definition) is 2. The Labute approximate surface area is 177 Å². The molecule has 1 aliphatic heterocycles. The third-order valence-corrected chi connectivity index (χ3v) is 6.45. The second-order valence-electron chi connectivity index (χ2n) is 8.33. The second-order valence-corrected chi connectivity index (χ2v) is 8.33. The van der Waals surface area contributed by atoms with Crippen molar-refractivity contribution in [3.8, 4) is 0 Å². The number of likely N-dealkylation sites (tertiary alicyclic amines) is 1. The van der Waals surface area contributed by atoms with E-state index in [0.29, 0.717) is 25.3 Å². The molecule has 4 rings (SSSR count). The number of nitrogens with zero attached hydrogens (tertiary/aromatic N) is 1. The number of benzene rings is 2. The van der Waals surface area contributed by atoms with E-state index in [1.54, 1.807) is 5.48 Å². The van der Waals surface area contributed by atoms with Crippen LogP contribution in [0, 0.1) is 11.8 Å². The molecule has 2 aromatic carbocycles. The highest BCUT2D eigenvalue weighted by atomic mass is 16.5. The Balaban J connectivity index is 1.47. The van der Waals surface area contributed by atoms with E-state index in [9.17, 15) is 14.8 Å². The van der Waals surface area contributed by atoms with E-state index in [4.69, 9.17) is 0 Å². The van der Waals surface area contributed by atoms with Crippen molar-refractivity contribution in [2.24, 2.45) is 11.8 Å². The van der Waals surface area contributed by atoms with Crippen LogP contribution in [0.15, 0.2) is 66.2 Å². The van der Waals surface area contributed by atoms with E-state index in [1.165, 1.54) is 5.56 Å². The van der Waals surface area contributed by atoms with Gasteiger partial charge in [-0.15, -0.1) is 0 Å². The number of amides is 2. The Kier molecular flexibility index (Phi) is 6.29. The summed E-state index contributed by atoms with van der Waals surface area (Å²) in [5.74, 6) is -1.01. The smallest absolute Gasteiger partial charge is 0.247 e. The van der Waals surface area contributed by atoms with Crippen LogP contribution in [0.5, 0.6) is 0 Å². The van der Waals surface area contributed by atoms with Gasteiger partial charge in [0.2, 0.25) is 11.8 Å². The standard InChI is InChI=1S/C25H28N2O3/c28-24(26-30)23-16-19(15-18-7-3-1-4-8-18)11-12-22(23)25(29)27-14-13-21(17-27)20-9-5-2-6-10-20/h1-10,15,21-23,30H,11-14,16-17H2,(H,26,28)/b19-15+/t21-,22-,23-/m0/s1. The number of rotatable bonds is 4. The summed E-state index contributed by atoms with van der Waals surface area (Å²) >= 11 is 0. The van der Waals surface area contributed by atoms with Crippen LogP contribution in [0.1, 0.15) is 42.7 Å². The fraction of sp³-hybridized carbons (Fsp3) is 0.360. The molecule has 2 aromatic rings. The van der Waals surface area contributed by atoms with Crippen LogP contribution < -0.4 is 5.48 Å². The summed E-state index contributed by atoms with van der Waals surface area (Å²) in [5, 5.41) is 9.27. The van der Waals surface area contributed by atoms with Gasteiger partial charge < -0.3 is 4.90 Å². The van der Waals surface area contributed by atoms with E-state index in [1.807, 2.05) is 53.4 Å². The third-order valence-electron chi connectivity index (χ3n) is 6.45. The van der Waals surface area contributed by atoms with Gasteiger partial charge in [0.05, 0.1) is 11.8 Å². The predicted octanol–water partition coefficient (Wildman–Crippen LogP) is 4.01. The van der Waals surface area contributed by atoms with Gasteiger partial charge in [-0.1, -0.05) is 72.3 Å². The number of hydrogen-bond acceptors (Lipinski definition) is 3. The summed E-state index contributed by atoms with van der Waals surface area (Å²) in [7, 11) is 0. The Morgan fingerprint density at radius 3 is 2.37 bits per heavy atom. The maximum atomic E-state index is 13.3. The van der Waals surface area contributed by atoms with Crippen molar-refractivity contribution in [2.75, 3.05) is 13.1 Å². The SMILES string of the molecule is O=C(NO)[C@H]1C/C(=C/c2ccccc2)CC[C@@H]1C(=O)N1CC[C@H](c2ccccc2)C1. The molecule has 156 valence electrons. The van der Waals surface area contributed by atoms with Crippen molar-refractivity contribution in [1.82, 2.24) is 10.4 Å². The quantitative estimate of drug-likeness (QED) is 0.598. The highest BCUT2D eigenvalue weighted by molar-refractivity contribution is 5.88. The summed E-state index contributed by atoms with van der Waals surface area (Å²) in [4.78, 5) is 27.6. The molecule has 0 aromatic heterocycles. The lowest BCUT2D eigenvalue weighted by atomic mass is 9.75. The molecule has 30 heavy (non-hydrogen) atoms. The minimum atomic E-state index is -0.540. The number of carbonyl (C=O) groups is 2. The van der Waals surface area contributed by atoms with Crippen LogP contribution in [-0.4, -0.2) is 35.0 Å². The maximum Gasteiger partial charge on any atom is 0.247 e. The zero-order chi connectivity index (χ0) is 20.9. The van der Waals surface area contributed by atoms with Gasteiger partial charge in [0.25, 0.3) is 0 Å². The van der Waals surface area contributed by atoms with Crippen LogP contribution in [0.2, 0.25) is 0 Å². The normalized spacial score (nSPS) is 25.3. The molecule has 1 saturated carbocycles. The molecule has 5 heteroatoms. The molecule has 2 N–H and O–H groups in total. The number of carbonyl (C=O) groups excluding carboxylic acids is 2. The molecule has 0 spiro atoms. The predicted molar refractivity (Wildman–Crippen MR) is 116 cm³/mol. The molecular formula is C25H28N2O3. The van der Waals surface area contributed by atoms with E-state index in [0.717, 1.165) is 30.5 Å². The van der Waals surface area contributed by atoms with Crippen molar-refractivity contribution in [3.63, 3.8) is 0 Å². The highest BCUT2D eigenvalue weighted by Gasteiger charge is 2.41. The second kappa shape index (κ2) is 9.26. The molecular weight excluding hydrogens is 376 g/mol. The Hall–Kier alpha value is -2.92. The monoisotopic (exact) mass is 404 g/mol. The van der Waals surface area contributed by atoms with Gasteiger partial charge >= 0.3 is 0 Å².